The molecule has 3 rings (SSSR count). The Morgan fingerprint density at radius 3 is 2.55 bits per heavy atom. The topological polar surface area (TPSA) is 47.6 Å². The molecule has 1 N–H and O–H groups in total. The highest BCUT2D eigenvalue weighted by Gasteiger charge is 2.33. The molecule has 0 aliphatic carbocycles. The molecule has 0 radical (unpaired) electrons. The van der Waals surface area contributed by atoms with Crippen molar-refractivity contribution in [1.29, 1.82) is 0 Å². The van der Waals surface area contributed by atoms with Crippen LogP contribution in [0.1, 0.15) is 20.8 Å². The minimum Gasteiger partial charge on any atom is -0.493 e. The fourth-order valence-corrected chi connectivity index (χ4v) is 3.50. The number of para-hydroxylation sites is 2. The highest BCUT2D eigenvalue weighted by Crippen LogP contribution is 2.36. The van der Waals surface area contributed by atoms with Crippen molar-refractivity contribution in [2.24, 2.45) is 0 Å². The molecule has 0 unspecified atom stereocenters. The quantitative estimate of drug-likeness (QED) is 0.491. The van der Waals surface area contributed by atoms with Gasteiger partial charge in [0.2, 0.25) is 0 Å². The molecule has 0 bridgehead atoms. The predicted molar refractivity (Wildman–Crippen MR) is 106 cm³/mol. The zero-order valence-electron chi connectivity index (χ0n) is 15.0. The number of carbonyl (C=O) groups is 1. The van der Waals surface area contributed by atoms with Gasteiger partial charge in [0, 0.05) is 11.3 Å². The fourth-order valence-electron chi connectivity index (χ4n) is 2.48. The van der Waals surface area contributed by atoms with Gasteiger partial charge < -0.3 is 14.8 Å². The van der Waals surface area contributed by atoms with Crippen molar-refractivity contribution in [3.05, 3.63) is 74.9 Å². The highest BCUT2D eigenvalue weighted by molar-refractivity contribution is 7.12. The smallest absolute Gasteiger partial charge is 0.417 e. The number of hydrogen-bond donors (Lipinski definition) is 1. The lowest BCUT2D eigenvalue weighted by Gasteiger charge is -2.11. The van der Waals surface area contributed by atoms with Crippen LogP contribution in [0.25, 0.3) is 0 Å². The lowest BCUT2D eigenvalue weighted by Crippen LogP contribution is -2.12. The summed E-state index contributed by atoms with van der Waals surface area (Å²) >= 11 is 6.75. The maximum Gasteiger partial charge on any atom is 0.417 e. The minimum atomic E-state index is -4.61. The molecule has 0 fully saturated rings. The molecular formula is C20H15ClF3NO3S. The van der Waals surface area contributed by atoms with Crippen LogP contribution in [-0.4, -0.2) is 13.0 Å². The Bertz CT molecular complexity index is 1020. The first-order valence-electron chi connectivity index (χ1n) is 8.29. The standard InChI is InChI=1S/C20H15ClF3NO3S/c1-27-16-4-2-3-5-17(16)28-10-12-8-18(29-11-12)19(26)25-13-6-7-15(21)14(9-13)20(22,23)24/h2-9,11H,10H2,1H3,(H,25,26). The first kappa shape index (κ1) is 21.0. The van der Waals surface area contributed by atoms with Crippen LogP contribution in [0.4, 0.5) is 18.9 Å². The number of benzene rings is 2. The molecule has 0 saturated heterocycles. The molecule has 1 amide bonds. The van der Waals surface area contributed by atoms with Crippen molar-refractivity contribution in [2.45, 2.75) is 12.8 Å². The van der Waals surface area contributed by atoms with Gasteiger partial charge in [-0.3, -0.25) is 4.79 Å². The average molecular weight is 442 g/mol. The molecule has 1 heterocycles. The molecule has 0 aliphatic heterocycles. The van der Waals surface area contributed by atoms with Gasteiger partial charge in [0.05, 0.1) is 22.6 Å². The van der Waals surface area contributed by atoms with Crippen molar-refractivity contribution in [3.8, 4) is 11.5 Å². The fraction of sp³-hybridized carbons (Fsp3) is 0.150. The van der Waals surface area contributed by atoms with E-state index in [2.05, 4.69) is 5.32 Å². The van der Waals surface area contributed by atoms with Crippen LogP contribution >= 0.6 is 22.9 Å². The zero-order valence-corrected chi connectivity index (χ0v) is 16.6. The van der Waals surface area contributed by atoms with Gasteiger partial charge in [0.1, 0.15) is 6.61 Å². The lowest BCUT2D eigenvalue weighted by atomic mass is 10.2. The molecule has 3 aromatic rings. The van der Waals surface area contributed by atoms with Crippen molar-refractivity contribution in [1.82, 2.24) is 0 Å². The number of hydrogen-bond acceptors (Lipinski definition) is 4. The largest absolute Gasteiger partial charge is 0.493 e. The normalized spacial score (nSPS) is 11.2. The van der Waals surface area contributed by atoms with E-state index in [1.54, 1.807) is 23.6 Å². The van der Waals surface area contributed by atoms with Crippen molar-refractivity contribution >= 4 is 34.5 Å². The molecular weight excluding hydrogens is 427 g/mol. The average Bonchev–Trinajstić information content (AvgIpc) is 3.16. The van der Waals surface area contributed by atoms with E-state index in [-0.39, 0.29) is 12.3 Å². The Balaban J connectivity index is 1.67. The number of rotatable bonds is 6. The summed E-state index contributed by atoms with van der Waals surface area (Å²) in [7, 11) is 1.54. The predicted octanol–water partition coefficient (Wildman–Crippen LogP) is 6.26. The van der Waals surface area contributed by atoms with E-state index in [1.807, 2.05) is 12.1 Å². The van der Waals surface area contributed by atoms with Crippen LogP contribution in [0.15, 0.2) is 53.9 Å². The maximum atomic E-state index is 13.0. The van der Waals surface area contributed by atoms with Crippen molar-refractivity contribution in [2.75, 3.05) is 12.4 Å². The first-order chi connectivity index (χ1) is 13.8. The van der Waals surface area contributed by atoms with Crippen LogP contribution < -0.4 is 14.8 Å². The summed E-state index contributed by atoms with van der Waals surface area (Å²) in [6.07, 6.45) is -4.61. The molecule has 0 saturated carbocycles. The maximum absolute atomic E-state index is 13.0. The number of anilines is 1. The Labute approximate surface area is 173 Å². The van der Waals surface area contributed by atoms with Gasteiger partial charge in [-0.2, -0.15) is 13.2 Å². The van der Waals surface area contributed by atoms with E-state index in [1.165, 1.54) is 13.2 Å². The number of halogens is 4. The third-order valence-corrected chi connectivity index (χ3v) is 5.18. The monoisotopic (exact) mass is 441 g/mol. The first-order valence-corrected chi connectivity index (χ1v) is 9.55. The van der Waals surface area contributed by atoms with E-state index in [9.17, 15) is 18.0 Å². The second-order valence-electron chi connectivity index (χ2n) is 5.91. The van der Waals surface area contributed by atoms with Gasteiger partial charge in [0.25, 0.3) is 5.91 Å². The Morgan fingerprint density at radius 2 is 1.86 bits per heavy atom. The van der Waals surface area contributed by atoms with Crippen molar-refractivity contribution in [3.63, 3.8) is 0 Å². The van der Waals surface area contributed by atoms with Gasteiger partial charge in [-0.25, -0.2) is 0 Å². The summed E-state index contributed by atoms with van der Waals surface area (Å²) in [6.45, 7) is 0.212. The van der Waals surface area contributed by atoms with E-state index >= 15 is 0 Å². The molecule has 29 heavy (non-hydrogen) atoms. The van der Waals surface area contributed by atoms with Crippen LogP contribution in [0.2, 0.25) is 5.02 Å². The SMILES string of the molecule is COc1ccccc1OCc1csc(C(=O)Nc2ccc(Cl)c(C(F)(F)F)c2)c1. The third kappa shape index (κ3) is 5.21. The number of nitrogens with one attached hydrogen (secondary N) is 1. The molecule has 0 atom stereocenters. The number of methoxy groups -OCH3 is 1. The van der Waals surface area contributed by atoms with Gasteiger partial charge >= 0.3 is 6.18 Å². The molecule has 1 aromatic heterocycles. The highest BCUT2D eigenvalue weighted by atomic mass is 35.5. The van der Waals surface area contributed by atoms with Gasteiger partial charge in [-0.1, -0.05) is 23.7 Å². The summed E-state index contributed by atoms with van der Waals surface area (Å²) in [4.78, 5) is 12.7. The molecule has 9 heteroatoms. The molecule has 2 aromatic carbocycles. The Hall–Kier alpha value is -2.71. The molecule has 152 valence electrons. The van der Waals surface area contributed by atoms with E-state index < -0.39 is 22.7 Å². The zero-order chi connectivity index (χ0) is 21.0. The van der Waals surface area contributed by atoms with E-state index in [4.69, 9.17) is 21.1 Å². The van der Waals surface area contributed by atoms with Crippen LogP contribution in [-0.2, 0) is 12.8 Å². The number of ether oxygens (including phenoxy) is 2. The summed E-state index contributed by atoms with van der Waals surface area (Å²) in [5.74, 6) is 0.630. The summed E-state index contributed by atoms with van der Waals surface area (Å²) in [5, 5.41) is 3.77. The Kier molecular flexibility index (Phi) is 6.34. The summed E-state index contributed by atoms with van der Waals surface area (Å²) in [5.41, 5.74) is -0.251. The third-order valence-electron chi connectivity index (χ3n) is 3.87. The Morgan fingerprint density at radius 1 is 1.14 bits per heavy atom. The number of amides is 1. The van der Waals surface area contributed by atoms with Crippen LogP contribution in [0.3, 0.4) is 0 Å². The van der Waals surface area contributed by atoms with Gasteiger partial charge in [-0.15, -0.1) is 11.3 Å². The summed E-state index contributed by atoms with van der Waals surface area (Å²) < 4.78 is 49.8. The van der Waals surface area contributed by atoms with Crippen LogP contribution in [0.5, 0.6) is 11.5 Å². The second kappa shape index (κ2) is 8.75. The number of thiophene rings is 1. The van der Waals surface area contributed by atoms with Crippen LogP contribution in [0, 0.1) is 0 Å². The number of alkyl halides is 3. The molecule has 0 spiro atoms. The summed E-state index contributed by atoms with van der Waals surface area (Å²) in [6, 6.07) is 12.0. The second-order valence-corrected chi connectivity index (χ2v) is 7.22. The van der Waals surface area contributed by atoms with Gasteiger partial charge in [-0.05, 0) is 41.8 Å². The van der Waals surface area contributed by atoms with E-state index in [0.29, 0.717) is 16.4 Å². The molecule has 0 aliphatic rings. The molecule has 4 nitrogen and oxygen atoms in total. The number of carbonyl (C=O) groups excluding carboxylic acids is 1. The lowest BCUT2D eigenvalue weighted by molar-refractivity contribution is -0.137. The minimum absolute atomic E-state index is 0.00643. The van der Waals surface area contributed by atoms with Gasteiger partial charge in [0.15, 0.2) is 11.5 Å². The van der Waals surface area contributed by atoms with Crippen molar-refractivity contribution < 1.29 is 27.4 Å². The van der Waals surface area contributed by atoms with E-state index in [0.717, 1.165) is 29.0 Å².